The van der Waals surface area contributed by atoms with Crippen LogP contribution in [0.1, 0.15) is 26.2 Å². The van der Waals surface area contributed by atoms with Gasteiger partial charge < -0.3 is 5.11 Å². The van der Waals surface area contributed by atoms with Crippen molar-refractivity contribution in [1.29, 1.82) is 0 Å². The topological polar surface area (TPSA) is 71.4 Å². The van der Waals surface area contributed by atoms with Crippen LogP contribution in [0.5, 0.6) is 0 Å². The highest BCUT2D eigenvalue weighted by molar-refractivity contribution is 5.98. The average Bonchev–Trinajstić information content (AvgIpc) is 2.08. The van der Waals surface area contributed by atoms with E-state index in [1.165, 1.54) is 6.92 Å². The Morgan fingerprint density at radius 2 is 2.08 bits per heavy atom. The summed E-state index contributed by atoms with van der Waals surface area (Å²) in [4.78, 5) is 33.0. The molecule has 0 bridgehead atoms. The largest absolute Gasteiger partial charge is 0.385 e. The minimum atomic E-state index is -1.29. The molecular formula is C9H12O4. The Hall–Kier alpha value is -1.03. The van der Waals surface area contributed by atoms with E-state index in [0.717, 1.165) is 0 Å². The predicted molar refractivity (Wildman–Crippen MR) is 44.0 cm³/mol. The standard InChI is InChI=1S/C9H12O4/c1-5(10)9(13)7-4-6(11)2-3-8(7)12/h7,9,13H,2-4H2,1H3/t7-,9-/m0/s1. The third kappa shape index (κ3) is 2.21. The summed E-state index contributed by atoms with van der Waals surface area (Å²) in [6.07, 6.45) is -0.871. The molecule has 0 aromatic heterocycles. The molecule has 13 heavy (non-hydrogen) atoms. The van der Waals surface area contributed by atoms with Gasteiger partial charge in [-0.3, -0.25) is 14.4 Å². The normalized spacial score (nSPS) is 25.8. The van der Waals surface area contributed by atoms with Crippen molar-refractivity contribution in [2.24, 2.45) is 5.92 Å². The molecule has 0 saturated heterocycles. The van der Waals surface area contributed by atoms with Crippen LogP contribution in [0.3, 0.4) is 0 Å². The Balaban J connectivity index is 2.71. The Bertz CT molecular complexity index is 254. The zero-order valence-corrected chi connectivity index (χ0v) is 7.45. The zero-order valence-electron chi connectivity index (χ0n) is 7.45. The molecule has 1 saturated carbocycles. The van der Waals surface area contributed by atoms with Gasteiger partial charge >= 0.3 is 0 Å². The summed E-state index contributed by atoms with van der Waals surface area (Å²) in [6.45, 7) is 1.22. The van der Waals surface area contributed by atoms with Crippen LogP contribution in [0.25, 0.3) is 0 Å². The maximum Gasteiger partial charge on any atom is 0.158 e. The fourth-order valence-electron chi connectivity index (χ4n) is 1.48. The van der Waals surface area contributed by atoms with E-state index in [4.69, 9.17) is 0 Å². The van der Waals surface area contributed by atoms with Crippen LogP contribution in [0.2, 0.25) is 0 Å². The number of carbonyl (C=O) groups is 3. The predicted octanol–water partition coefficient (Wildman–Crippen LogP) is -0.125. The lowest BCUT2D eigenvalue weighted by Crippen LogP contribution is -2.38. The Morgan fingerprint density at radius 1 is 1.46 bits per heavy atom. The highest BCUT2D eigenvalue weighted by Crippen LogP contribution is 2.21. The fraction of sp³-hybridized carbons (Fsp3) is 0.667. The van der Waals surface area contributed by atoms with Crippen molar-refractivity contribution in [1.82, 2.24) is 0 Å². The average molecular weight is 184 g/mol. The number of rotatable bonds is 2. The monoisotopic (exact) mass is 184 g/mol. The van der Waals surface area contributed by atoms with Gasteiger partial charge in [-0.05, 0) is 6.92 Å². The molecule has 1 aliphatic carbocycles. The van der Waals surface area contributed by atoms with Gasteiger partial charge in [0.05, 0.1) is 5.92 Å². The van der Waals surface area contributed by atoms with E-state index in [2.05, 4.69) is 0 Å². The van der Waals surface area contributed by atoms with Crippen molar-refractivity contribution in [3.05, 3.63) is 0 Å². The first-order valence-corrected chi connectivity index (χ1v) is 4.25. The molecule has 1 fully saturated rings. The number of Topliss-reactive ketones (excluding diaryl/α,β-unsaturated/α-hetero) is 3. The van der Waals surface area contributed by atoms with Crippen molar-refractivity contribution in [3.8, 4) is 0 Å². The van der Waals surface area contributed by atoms with E-state index in [9.17, 15) is 19.5 Å². The second kappa shape index (κ2) is 3.79. The van der Waals surface area contributed by atoms with Crippen molar-refractivity contribution in [3.63, 3.8) is 0 Å². The minimum absolute atomic E-state index is 0.0135. The maximum absolute atomic E-state index is 11.2. The van der Waals surface area contributed by atoms with Gasteiger partial charge in [-0.25, -0.2) is 0 Å². The number of hydrogen-bond acceptors (Lipinski definition) is 4. The van der Waals surface area contributed by atoms with Crippen LogP contribution in [0.15, 0.2) is 0 Å². The van der Waals surface area contributed by atoms with Gasteiger partial charge in [-0.1, -0.05) is 0 Å². The third-order valence-electron chi connectivity index (χ3n) is 2.31. The Labute approximate surface area is 75.9 Å². The Morgan fingerprint density at radius 3 is 2.62 bits per heavy atom. The molecule has 4 heteroatoms. The van der Waals surface area contributed by atoms with Crippen LogP contribution in [-0.4, -0.2) is 28.6 Å². The number of aliphatic hydroxyl groups is 1. The van der Waals surface area contributed by atoms with Gasteiger partial charge in [-0.2, -0.15) is 0 Å². The first-order chi connectivity index (χ1) is 6.02. The second-order valence-corrected chi connectivity index (χ2v) is 3.37. The summed E-state index contributed by atoms with van der Waals surface area (Å²) < 4.78 is 0. The molecule has 0 amide bonds. The molecule has 0 aliphatic heterocycles. The van der Waals surface area contributed by atoms with Crippen molar-refractivity contribution >= 4 is 17.3 Å². The quantitative estimate of drug-likeness (QED) is 0.649. The van der Waals surface area contributed by atoms with Crippen LogP contribution in [-0.2, 0) is 14.4 Å². The maximum atomic E-state index is 11.2. The smallest absolute Gasteiger partial charge is 0.158 e. The first-order valence-electron chi connectivity index (χ1n) is 4.25. The molecule has 1 N–H and O–H groups in total. The SMILES string of the molecule is CC(=O)[C@H](O)[C@H]1CC(=O)CCC1=O. The third-order valence-corrected chi connectivity index (χ3v) is 2.31. The lowest BCUT2D eigenvalue weighted by Gasteiger charge is -2.22. The van der Waals surface area contributed by atoms with Crippen molar-refractivity contribution < 1.29 is 19.5 Å². The summed E-state index contributed by atoms with van der Waals surface area (Å²) in [5, 5.41) is 9.32. The van der Waals surface area contributed by atoms with E-state index in [1.807, 2.05) is 0 Å². The highest BCUT2D eigenvalue weighted by Gasteiger charge is 2.34. The highest BCUT2D eigenvalue weighted by atomic mass is 16.3. The van der Waals surface area contributed by atoms with Gasteiger partial charge in [0, 0.05) is 19.3 Å². The molecule has 4 nitrogen and oxygen atoms in total. The number of ketones is 3. The summed E-state index contributed by atoms with van der Waals surface area (Å²) >= 11 is 0. The lowest BCUT2D eigenvalue weighted by molar-refractivity contribution is -0.141. The van der Waals surface area contributed by atoms with Crippen molar-refractivity contribution in [2.75, 3.05) is 0 Å². The zero-order chi connectivity index (χ0) is 10.0. The molecule has 0 radical (unpaired) electrons. The summed E-state index contributed by atoms with van der Waals surface area (Å²) in [5.74, 6) is -1.47. The molecule has 1 aliphatic rings. The molecule has 72 valence electrons. The van der Waals surface area contributed by atoms with Crippen LogP contribution in [0, 0.1) is 5.92 Å². The number of aliphatic hydroxyl groups excluding tert-OH is 1. The molecule has 0 heterocycles. The van der Waals surface area contributed by atoms with Gasteiger partial charge in [0.15, 0.2) is 5.78 Å². The molecule has 0 spiro atoms. The van der Waals surface area contributed by atoms with Crippen LogP contribution < -0.4 is 0 Å². The fourth-order valence-corrected chi connectivity index (χ4v) is 1.48. The van der Waals surface area contributed by atoms with Crippen LogP contribution >= 0.6 is 0 Å². The minimum Gasteiger partial charge on any atom is -0.385 e. The summed E-state index contributed by atoms with van der Waals surface area (Å²) in [5.41, 5.74) is 0. The second-order valence-electron chi connectivity index (χ2n) is 3.37. The van der Waals surface area contributed by atoms with Crippen LogP contribution in [0.4, 0.5) is 0 Å². The van der Waals surface area contributed by atoms with Gasteiger partial charge in [0.2, 0.25) is 0 Å². The number of carbonyl (C=O) groups excluding carboxylic acids is 3. The number of hydrogen-bond donors (Lipinski definition) is 1. The Kier molecular flexibility index (Phi) is 2.93. The molecule has 0 aromatic carbocycles. The molecule has 0 unspecified atom stereocenters. The van der Waals surface area contributed by atoms with E-state index in [-0.39, 0.29) is 30.8 Å². The lowest BCUT2D eigenvalue weighted by atomic mass is 9.82. The molecule has 1 rings (SSSR count). The van der Waals surface area contributed by atoms with E-state index >= 15 is 0 Å². The van der Waals surface area contributed by atoms with E-state index < -0.39 is 17.8 Å². The molecule has 0 aromatic rings. The summed E-state index contributed by atoms with van der Waals surface area (Å²) in [6, 6.07) is 0. The van der Waals surface area contributed by atoms with E-state index in [1.54, 1.807) is 0 Å². The van der Waals surface area contributed by atoms with Crippen molar-refractivity contribution in [2.45, 2.75) is 32.3 Å². The molecular weight excluding hydrogens is 172 g/mol. The molecule has 2 atom stereocenters. The first kappa shape index (κ1) is 10.1. The van der Waals surface area contributed by atoms with Gasteiger partial charge in [-0.15, -0.1) is 0 Å². The van der Waals surface area contributed by atoms with E-state index in [0.29, 0.717) is 0 Å². The van der Waals surface area contributed by atoms with Gasteiger partial charge in [0.1, 0.15) is 17.7 Å². The van der Waals surface area contributed by atoms with Gasteiger partial charge in [0.25, 0.3) is 0 Å². The summed E-state index contributed by atoms with van der Waals surface area (Å²) in [7, 11) is 0.